The molecule has 0 aromatic rings. The molecule has 0 saturated heterocycles. The Hall–Kier alpha value is -1.88. The number of carboxylic acids is 4. The molecule has 0 heterocycles. The predicted octanol–water partition coefficient (Wildman–Crippen LogP) is 0.927. The second kappa shape index (κ2) is 71.8. The lowest BCUT2D eigenvalue weighted by atomic mass is 10.9. The van der Waals surface area contributed by atoms with Crippen molar-refractivity contribution >= 4 is 40.9 Å². The van der Waals surface area contributed by atoms with E-state index in [1.165, 1.54) is 0 Å². The second-order valence-electron chi connectivity index (χ2n) is 2.08. The molecule has 0 rings (SSSR count). The van der Waals surface area contributed by atoms with Gasteiger partial charge >= 0.3 is 0 Å². The Balaban J connectivity index is -0.00000000842. The lowest BCUT2D eigenvalue weighted by Gasteiger charge is -1.59. The van der Waals surface area contributed by atoms with Crippen LogP contribution in [0.2, 0.25) is 0 Å². The minimum Gasteiger partial charge on any atom is -0.481 e. The quantitative estimate of drug-likeness (QED) is 0.261. The minimum atomic E-state index is -0.833. The van der Waals surface area contributed by atoms with Crippen LogP contribution in [0.1, 0.15) is 27.7 Å². The third kappa shape index (κ3) is 1870. The Bertz CT molecular complexity index is 180. The predicted molar refractivity (Wildman–Crippen MR) is 92.3 cm³/mol. The third-order valence-electron chi connectivity index (χ3n) is 0. The van der Waals surface area contributed by atoms with Crippen molar-refractivity contribution < 1.29 is 45.1 Å². The fourth-order valence-corrected chi connectivity index (χ4v) is 0. The van der Waals surface area contributed by atoms with Gasteiger partial charge in [0, 0.05) is 27.7 Å². The molecule has 21 N–H and O–H groups in total. The Morgan fingerprint density at radius 2 is 0.478 bits per heavy atom. The highest BCUT2D eigenvalue weighted by molar-refractivity contribution is 8.93. The van der Waals surface area contributed by atoms with E-state index in [1.807, 2.05) is 0 Å². The first-order valence-electron chi connectivity index (χ1n) is 3.71. The van der Waals surface area contributed by atoms with Gasteiger partial charge in [0.15, 0.2) is 0 Å². The summed E-state index contributed by atoms with van der Waals surface area (Å²) in [5.74, 6) is -3.33. The lowest BCUT2D eigenvalue weighted by Crippen LogP contribution is -1.78. The molecule has 0 atom stereocenters. The van der Waals surface area contributed by atoms with Crippen LogP contribution in [0.15, 0.2) is 0 Å². The molecule has 0 fully saturated rings. The Morgan fingerprint density at radius 3 is 0.478 bits per heavy atom. The van der Waals surface area contributed by atoms with Crippen molar-refractivity contribution in [1.82, 2.24) is 30.8 Å². The SMILES string of the molecule is Br.CC(=O)O.CC(=O)O.CC(=O)O.CC(=O)O.N.N.N.N.N.O. The average Bonchev–Trinajstić information content (AvgIpc) is 1.76. The third-order valence-corrected chi connectivity index (χ3v) is 0. The Kier molecular flexibility index (Phi) is 261. The molecule has 0 bridgehead atoms. The summed E-state index contributed by atoms with van der Waals surface area (Å²) in [5, 5.41) is 29.7. The number of carboxylic acid groups (broad SMARTS) is 4. The monoisotopic (exact) mass is 423 g/mol. The van der Waals surface area contributed by atoms with Gasteiger partial charge < -0.3 is 56.7 Å². The summed E-state index contributed by atoms with van der Waals surface area (Å²) in [6.07, 6.45) is 0. The van der Waals surface area contributed by atoms with Gasteiger partial charge in [0.1, 0.15) is 0 Å². The highest BCUT2D eigenvalue weighted by Gasteiger charge is 1.66. The van der Waals surface area contributed by atoms with Crippen molar-refractivity contribution in [3.05, 3.63) is 0 Å². The molecule has 0 aromatic carbocycles. The first kappa shape index (κ1) is 83.5. The fraction of sp³-hybridized carbons (Fsp3) is 0.500. The van der Waals surface area contributed by atoms with Crippen LogP contribution in [0.4, 0.5) is 0 Å². The molecule has 0 unspecified atom stereocenters. The maximum absolute atomic E-state index is 9.00. The van der Waals surface area contributed by atoms with Crippen LogP contribution in [-0.4, -0.2) is 49.8 Å². The Morgan fingerprint density at radius 1 is 0.478 bits per heavy atom. The van der Waals surface area contributed by atoms with E-state index in [1.54, 1.807) is 0 Å². The van der Waals surface area contributed by atoms with Gasteiger partial charge in [-0.3, -0.25) is 19.2 Å². The average molecular weight is 424 g/mol. The van der Waals surface area contributed by atoms with E-state index in [0.717, 1.165) is 27.7 Å². The van der Waals surface area contributed by atoms with Crippen molar-refractivity contribution in [2.75, 3.05) is 0 Å². The zero-order valence-electron chi connectivity index (χ0n) is 13.9. The van der Waals surface area contributed by atoms with Gasteiger partial charge in [-0.2, -0.15) is 0 Å². The van der Waals surface area contributed by atoms with Crippen LogP contribution < -0.4 is 30.8 Å². The van der Waals surface area contributed by atoms with Gasteiger partial charge in [-0.05, 0) is 0 Å². The topological polar surface area (TPSA) is 356 Å². The highest BCUT2D eigenvalue weighted by Crippen LogP contribution is 1.43. The van der Waals surface area contributed by atoms with Crippen molar-refractivity contribution in [3.63, 3.8) is 0 Å². The van der Waals surface area contributed by atoms with Crippen LogP contribution in [0, 0.1) is 0 Å². The van der Waals surface area contributed by atoms with Crippen LogP contribution in [0.3, 0.4) is 0 Å². The molecule has 0 aliphatic rings. The van der Waals surface area contributed by atoms with E-state index in [2.05, 4.69) is 0 Å². The standard InChI is InChI=1S/4C2H4O2.BrH.5H3N.H2O/c4*1-2(3)4;;;;;;;/h4*1H3,(H,3,4);1H;5*1H3;1H2. The molecule has 0 aliphatic heterocycles. The molecule has 23 heavy (non-hydrogen) atoms. The first-order chi connectivity index (χ1) is 6.93. The summed E-state index contributed by atoms with van der Waals surface area (Å²) < 4.78 is 0. The maximum atomic E-state index is 9.00. The second-order valence-corrected chi connectivity index (χ2v) is 2.08. The molecular formula is C8H34BrN5O9. The number of hydrogen-bond acceptors (Lipinski definition) is 9. The smallest absolute Gasteiger partial charge is 0.300 e. The largest absolute Gasteiger partial charge is 0.481 e. The van der Waals surface area contributed by atoms with Crippen LogP contribution >= 0.6 is 17.0 Å². The van der Waals surface area contributed by atoms with E-state index in [-0.39, 0.29) is 53.2 Å². The molecule has 0 aliphatic carbocycles. The van der Waals surface area contributed by atoms with E-state index in [9.17, 15) is 0 Å². The highest BCUT2D eigenvalue weighted by atomic mass is 79.9. The zero-order chi connectivity index (χ0) is 14.3. The summed E-state index contributed by atoms with van der Waals surface area (Å²) in [4.78, 5) is 36.0. The maximum Gasteiger partial charge on any atom is 0.300 e. The number of rotatable bonds is 0. The van der Waals surface area contributed by atoms with Crippen molar-refractivity contribution in [1.29, 1.82) is 0 Å². The molecular weight excluding hydrogens is 390 g/mol. The lowest BCUT2D eigenvalue weighted by molar-refractivity contribution is -0.135. The van der Waals surface area contributed by atoms with Crippen LogP contribution in [0.25, 0.3) is 0 Å². The Labute approximate surface area is 145 Å². The summed E-state index contributed by atoms with van der Waals surface area (Å²) in [6, 6.07) is 0. The molecule has 152 valence electrons. The first-order valence-corrected chi connectivity index (χ1v) is 3.71. The van der Waals surface area contributed by atoms with E-state index in [4.69, 9.17) is 39.6 Å². The molecule has 14 nitrogen and oxygen atoms in total. The number of halogens is 1. The summed E-state index contributed by atoms with van der Waals surface area (Å²) >= 11 is 0. The van der Waals surface area contributed by atoms with Crippen LogP contribution in [0.5, 0.6) is 0 Å². The van der Waals surface area contributed by atoms with Gasteiger partial charge in [-0.25, -0.2) is 0 Å². The van der Waals surface area contributed by atoms with E-state index >= 15 is 0 Å². The van der Waals surface area contributed by atoms with Gasteiger partial charge in [-0.1, -0.05) is 0 Å². The van der Waals surface area contributed by atoms with Crippen molar-refractivity contribution in [3.8, 4) is 0 Å². The molecule has 0 saturated carbocycles. The van der Waals surface area contributed by atoms with Gasteiger partial charge in [0.2, 0.25) is 0 Å². The summed E-state index contributed by atoms with van der Waals surface area (Å²) in [7, 11) is 0. The molecule has 0 radical (unpaired) electrons. The van der Waals surface area contributed by atoms with Crippen molar-refractivity contribution in [2.24, 2.45) is 0 Å². The van der Waals surface area contributed by atoms with Gasteiger partial charge in [0.05, 0.1) is 0 Å². The number of aliphatic carboxylic acids is 4. The molecule has 0 amide bonds. The number of hydrogen-bond donors (Lipinski definition) is 9. The van der Waals surface area contributed by atoms with E-state index in [0.29, 0.717) is 0 Å². The van der Waals surface area contributed by atoms with Crippen molar-refractivity contribution in [2.45, 2.75) is 27.7 Å². The fourth-order valence-electron chi connectivity index (χ4n) is 0. The van der Waals surface area contributed by atoms with E-state index < -0.39 is 23.9 Å². The summed E-state index contributed by atoms with van der Waals surface area (Å²) in [6.45, 7) is 4.33. The zero-order valence-corrected chi connectivity index (χ0v) is 15.6. The molecule has 15 heteroatoms. The van der Waals surface area contributed by atoms with Gasteiger partial charge in [0.25, 0.3) is 23.9 Å². The summed E-state index contributed by atoms with van der Waals surface area (Å²) in [5.41, 5.74) is 0. The number of carbonyl (C=O) groups is 4. The normalized spacial score (nSPS) is 4.35. The van der Waals surface area contributed by atoms with Crippen LogP contribution in [-0.2, 0) is 19.2 Å². The molecule has 0 aromatic heterocycles. The van der Waals surface area contributed by atoms with Gasteiger partial charge in [-0.15, -0.1) is 17.0 Å². The molecule has 0 spiro atoms. The minimum absolute atomic E-state index is 0.